The number of carbonyl (C=O) groups is 1. The number of aromatic nitrogens is 2. The molecule has 0 saturated heterocycles. The molecule has 2 aromatic heterocycles. The molecule has 1 N–H and O–H groups in total. The third-order valence-electron chi connectivity index (χ3n) is 4.25. The van der Waals surface area contributed by atoms with Crippen molar-refractivity contribution in [2.75, 3.05) is 6.61 Å². The van der Waals surface area contributed by atoms with Gasteiger partial charge in [0.2, 0.25) is 5.82 Å². The van der Waals surface area contributed by atoms with Gasteiger partial charge < -0.3 is 14.6 Å². The zero-order valence-corrected chi connectivity index (χ0v) is 16.6. The molecule has 0 bridgehead atoms. The lowest BCUT2D eigenvalue weighted by Gasteiger charge is -2.07. The van der Waals surface area contributed by atoms with Crippen molar-refractivity contribution in [2.45, 2.75) is 13.5 Å². The zero-order valence-electron chi connectivity index (χ0n) is 15.8. The van der Waals surface area contributed by atoms with E-state index in [9.17, 15) is 4.79 Å². The van der Waals surface area contributed by atoms with Gasteiger partial charge in [-0.15, -0.1) is 11.3 Å². The van der Waals surface area contributed by atoms with Crippen molar-refractivity contribution in [2.24, 2.45) is 0 Å². The molecule has 0 unspecified atom stereocenters. The maximum atomic E-state index is 11.9. The summed E-state index contributed by atoms with van der Waals surface area (Å²) in [5.74, 6) is 1.41. The molecule has 0 saturated carbocycles. The molecule has 0 fully saturated rings. The van der Waals surface area contributed by atoms with Gasteiger partial charge in [0.15, 0.2) is 6.61 Å². The topological polar surface area (TPSA) is 77.2 Å². The summed E-state index contributed by atoms with van der Waals surface area (Å²) in [5, 5.41) is 8.85. The van der Waals surface area contributed by atoms with Gasteiger partial charge in [-0.05, 0) is 42.6 Å². The van der Waals surface area contributed by atoms with Crippen LogP contribution in [0.3, 0.4) is 0 Å². The normalized spacial score (nSPS) is 10.7. The van der Waals surface area contributed by atoms with Crippen molar-refractivity contribution >= 4 is 17.2 Å². The monoisotopic (exact) mass is 405 g/mol. The minimum absolute atomic E-state index is 0.0388. The molecule has 1 amide bonds. The standard InChI is InChI=1S/C22H19N3O3S/c1-15-4-6-16(7-5-15)21-24-22(28-25-21)17-8-10-18(11-9-17)27-14-20(26)23-13-19-3-2-12-29-19/h2-12H,13-14H2,1H3,(H,23,26). The van der Waals surface area contributed by atoms with E-state index < -0.39 is 0 Å². The first-order valence-electron chi connectivity index (χ1n) is 9.10. The first kappa shape index (κ1) is 18.9. The molecule has 0 aliphatic carbocycles. The molecule has 2 aromatic carbocycles. The van der Waals surface area contributed by atoms with Crippen molar-refractivity contribution in [3.8, 4) is 28.6 Å². The number of carbonyl (C=O) groups excluding carboxylic acids is 1. The van der Waals surface area contributed by atoms with Crippen LogP contribution in [0, 0.1) is 6.92 Å². The highest BCUT2D eigenvalue weighted by Gasteiger charge is 2.11. The minimum atomic E-state index is -0.165. The highest BCUT2D eigenvalue weighted by atomic mass is 32.1. The van der Waals surface area contributed by atoms with Crippen LogP contribution in [-0.2, 0) is 11.3 Å². The lowest BCUT2D eigenvalue weighted by molar-refractivity contribution is -0.123. The summed E-state index contributed by atoms with van der Waals surface area (Å²) in [6, 6.07) is 19.1. The molecular formula is C22H19N3O3S. The fourth-order valence-electron chi connectivity index (χ4n) is 2.65. The van der Waals surface area contributed by atoms with Crippen molar-refractivity contribution in [3.05, 3.63) is 76.5 Å². The summed E-state index contributed by atoms with van der Waals surface area (Å²) in [7, 11) is 0. The molecule has 29 heavy (non-hydrogen) atoms. The number of nitrogens with zero attached hydrogens (tertiary/aromatic N) is 2. The Morgan fingerprint density at radius 3 is 2.55 bits per heavy atom. The maximum absolute atomic E-state index is 11.9. The second-order valence-corrected chi connectivity index (χ2v) is 7.49. The van der Waals surface area contributed by atoms with Gasteiger partial charge in [0.1, 0.15) is 5.75 Å². The van der Waals surface area contributed by atoms with Crippen molar-refractivity contribution < 1.29 is 14.1 Å². The number of amides is 1. The molecule has 0 atom stereocenters. The SMILES string of the molecule is Cc1ccc(-c2noc(-c3ccc(OCC(=O)NCc4cccs4)cc3)n2)cc1. The Labute approximate surface area is 172 Å². The predicted octanol–water partition coefficient (Wildman–Crippen LogP) is 4.47. The van der Waals surface area contributed by atoms with Gasteiger partial charge in [-0.2, -0.15) is 4.98 Å². The Hall–Kier alpha value is -3.45. The van der Waals surface area contributed by atoms with Gasteiger partial charge in [-0.25, -0.2) is 0 Å². The van der Waals surface area contributed by atoms with Crippen molar-refractivity contribution in [1.29, 1.82) is 0 Å². The van der Waals surface area contributed by atoms with Gasteiger partial charge in [0.25, 0.3) is 11.8 Å². The average Bonchev–Trinajstić information content (AvgIpc) is 3.44. The van der Waals surface area contributed by atoms with Crippen LogP contribution >= 0.6 is 11.3 Å². The van der Waals surface area contributed by atoms with Crippen molar-refractivity contribution in [3.63, 3.8) is 0 Å². The highest BCUT2D eigenvalue weighted by molar-refractivity contribution is 7.09. The van der Waals surface area contributed by atoms with E-state index >= 15 is 0 Å². The van der Waals surface area contributed by atoms with Gasteiger partial charge in [0, 0.05) is 16.0 Å². The summed E-state index contributed by atoms with van der Waals surface area (Å²) < 4.78 is 10.9. The van der Waals surface area contributed by atoms with Crippen LogP contribution in [0.5, 0.6) is 5.75 Å². The van der Waals surface area contributed by atoms with Crippen LogP contribution in [-0.4, -0.2) is 22.7 Å². The van der Waals surface area contributed by atoms with Crippen molar-refractivity contribution in [1.82, 2.24) is 15.5 Å². The lowest BCUT2D eigenvalue weighted by Crippen LogP contribution is -2.28. The smallest absolute Gasteiger partial charge is 0.258 e. The second kappa shape index (κ2) is 8.70. The van der Waals surface area contributed by atoms with Crippen LogP contribution in [0.4, 0.5) is 0 Å². The molecule has 0 spiro atoms. The summed E-state index contributed by atoms with van der Waals surface area (Å²) in [6.07, 6.45) is 0. The Morgan fingerprint density at radius 1 is 1.07 bits per heavy atom. The Kier molecular flexibility index (Phi) is 5.67. The summed E-state index contributed by atoms with van der Waals surface area (Å²) in [5.41, 5.74) is 2.86. The van der Waals surface area contributed by atoms with Gasteiger partial charge in [-0.1, -0.05) is 41.1 Å². The molecule has 4 rings (SSSR count). The lowest BCUT2D eigenvalue weighted by atomic mass is 10.1. The first-order chi connectivity index (χ1) is 14.2. The number of hydrogen-bond acceptors (Lipinski definition) is 6. The second-order valence-electron chi connectivity index (χ2n) is 6.46. The largest absolute Gasteiger partial charge is 0.484 e. The fraction of sp³-hybridized carbons (Fsp3) is 0.136. The zero-order chi connectivity index (χ0) is 20.1. The van der Waals surface area contributed by atoms with Gasteiger partial charge in [-0.3, -0.25) is 4.79 Å². The minimum Gasteiger partial charge on any atom is -0.484 e. The summed E-state index contributed by atoms with van der Waals surface area (Å²) in [4.78, 5) is 17.4. The molecular weight excluding hydrogens is 386 g/mol. The molecule has 0 aliphatic heterocycles. The number of thiophene rings is 1. The highest BCUT2D eigenvalue weighted by Crippen LogP contribution is 2.24. The van der Waals surface area contributed by atoms with Crippen LogP contribution in [0.25, 0.3) is 22.8 Å². The number of ether oxygens (including phenoxy) is 1. The molecule has 4 aromatic rings. The Morgan fingerprint density at radius 2 is 1.83 bits per heavy atom. The van der Waals surface area contributed by atoms with E-state index in [4.69, 9.17) is 9.26 Å². The van der Waals surface area contributed by atoms with Crippen LogP contribution in [0.15, 0.2) is 70.6 Å². The number of nitrogens with one attached hydrogen (secondary N) is 1. The van der Waals surface area contributed by atoms with Crippen LogP contribution < -0.4 is 10.1 Å². The van der Waals surface area contributed by atoms with Gasteiger partial charge in [0.05, 0.1) is 6.54 Å². The van der Waals surface area contributed by atoms with E-state index in [0.29, 0.717) is 24.0 Å². The van der Waals surface area contributed by atoms with E-state index in [1.165, 1.54) is 5.56 Å². The number of aryl methyl sites for hydroxylation is 1. The maximum Gasteiger partial charge on any atom is 0.258 e. The van der Waals surface area contributed by atoms with E-state index in [1.807, 2.05) is 60.8 Å². The molecule has 6 nitrogen and oxygen atoms in total. The van der Waals surface area contributed by atoms with Gasteiger partial charge >= 0.3 is 0 Å². The fourth-order valence-corrected chi connectivity index (χ4v) is 3.30. The third kappa shape index (κ3) is 4.89. The average molecular weight is 405 g/mol. The number of benzene rings is 2. The Balaban J connectivity index is 1.33. The van der Waals surface area contributed by atoms with E-state index in [0.717, 1.165) is 16.0 Å². The summed E-state index contributed by atoms with van der Waals surface area (Å²) in [6.45, 7) is 2.50. The van der Waals surface area contributed by atoms with Crippen LogP contribution in [0.1, 0.15) is 10.4 Å². The Bertz CT molecular complexity index is 1070. The first-order valence-corrected chi connectivity index (χ1v) is 9.98. The van der Waals surface area contributed by atoms with E-state index in [-0.39, 0.29) is 12.5 Å². The van der Waals surface area contributed by atoms with E-state index in [1.54, 1.807) is 23.5 Å². The molecule has 7 heteroatoms. The molecule has 0 radical (unpaired) electrons. The number of hydrogen-bond donors (Lipinski definition) is 1. The van der Waals surface area contributed by atoms with E-state index in [2.05, 4.69) is 15.5 Å². The van der Waals surface area contributed by atoms with Crippen LogP contribution in [0.2, 0.25) is 0 Å². The quantitative estimate of drug-likeness (QED) is 0.491. The predicted molar refractivity (Wildman–Crippen MR) is 112 cm³/mol. The molecule has 0 aliphatic rings. The summed E-state index contributed by atoms with van der Waals surface area (Å²) >= 11 is 1.60. The molecule has 146 valence electrons. The third-order valence-corrected chi connectivity index (χ3v) is 5.12. The molecule has 2 heterocycles. The number of rotatable bonds is 7.